The van der Waals surface area contributed by atoms with Crippen LogP contribution in [-0.2, 0) is 17.8 Å². The fourth-order valence-electron chi connectivity index (χ4n) is 3.73. The van der Waals surface area contributed by atoms with Crippen LogP contribution in [0.1, 0.15) is 37.0 Å². The maximum atomic E-state index is 11.8. The van der Waals surface area contributed by atoms with Crippen molar-refractivity contribution in [1.82, 2.24) is 15.0 Å². The summed E-state index contributed by atoms with van der Waals surface area (Å²) in [6.07, 6.45) is 0.741. The van der Waals surface area contributed by atoms with E-state index in [0.717, 1.165) is 12.0 Å². The fourth-order valence-corrected chi connectivity index (χ4v) is 3.73. The van der Waals surface area contributed by atoms with Crippen molar-refractivity contribution in [3.05, 3.63) is 35.5 Å². The molecule has 1 N–H and O–H groups in total. The number of hydrogen-bond donors (Lipinski definition) is 1. The molecule has 0 unspecified atom stereocenters. The highest BCUT2D eigenvalue weighted by Gasteiger charge is 2.39. The number of carbonyl (C=O) groups is 1. The number of likely N-dealkylation sites (tertiary alicyclic amines) is 1. The molecule has 144 valence electrons. The molecule has 4 rings (SSSR count). The van der Waals surface area contributed by atoms with Gasteiger partial charge >= 0.3 is 5.97 Å². The molecule has 2 aliphatic heterocycles. The Morgan fingerprint density at radius 2 is 2.11 bits per heavy atom. The summed E-state index contributed by atoms with van der Waals surface area (Å²) in [6, 6.07) is 5.66. The summed E-state index contributed by atoms with van der Waals surface area (Å²) < 4.78 is 16.1. The van der Waals surface area contributed by atoms with Crippen molar-refractivity contribution in [1.29, 1.82) is 0 Å². The number of hydrogen-bond acceptors (Lipinski definition) is 7. The van der Waals surface area contributed by atoms with Gasteiger partial charge in [0.2, 0.25) is 12.7 Å². The van der Waals surface area contributed by atoms with Gasteiger partial charge in [-0.3, -0.25) is 9.69 Å². The van der Waals surface area contributed by atoms with Crippen LogP contribution in [0.4, 0.5) is 0 Å². The van der Waals surface area contributed by atoms with Crippen molar-refractivity contribution in [3.8, 4) is 11.5 Å². The summed E-state index contributed by atoms with van der Waals surface area (Å²) in [5, 5.41) is 13.7. The number of ether oxygens (including phenoxy) is 2. The van der Waals surface area contributed by atoms with Crippen molar-refractivity contribution in [2.24, 2.45) is 11.8 Å². The predicted octanol–water partition coefficient (Wildman–Crippen LogP) is 2.30. The smallest absolute Gasteiger partial charge is 0.308 e. The van der Waals surface area contributed by atoms with E-state index in [1.165, 1.54) is 0 Å². The van der Waals surface area contributed by atoms with Gasteiger partial charge in [-0.25, -0.2) is 0 Å². The van der Waals surface area contributed by atoms with E-state index in [-0.39, 0.29) is 12.7 Å². The summed E-state index contributed by atoms with van der Waals surface area (Å²) >= 11 is 0. The van der Waals surface area contributed by atoms with E-state index in [4.69, 9.17) is 14.0 Å². The Hall–Kier alpha value is -2.61. The zero-order valence-corrected chi connectivity index (χ0v) is 15.4. The van der Waals surface area contributed by atoms with Gasteiger partial charge in [-0.15, -0.1) is 0 Å². The van der Waals surface area contributed by atoms with Crippen molar-refractivity contribution in [2.75, 3.05) is 19.9 Å². The lowest BCUT2D eigenvalue weighted by Gasteiger charge is -2.15. The maximum Gasteiger partial charge on any atom is 0.308 e. The Balaban J connectivity index is 1.48. The molecule has 0 radical (unpaired) electrons. The molecule has 0 amide bonds. The first kappa shape index (κ1) is 17.8. The number of nitrogens with zero attached hydrogens (tertiary/aromatic N) is 3. The molecule has 1 fully saturated rings. The fraction of sp³-hybridized carbons (Fsp3) is 0.526. The zero-order chi connectivity index (χ0) is 19.0. The second-order valence-corrected chi connectivity index (χ2v) is 7.56. The quantitative estimate of drug-likeness (QED) is 0.824. The number of aromatic nitrogens is 2. The third-order valence-corrected chi connectivity index (χ3v) is 5.00. The molecule has 8 nitrogen and oxygen atoms in total. The lowest BCUT2D eigenvalue weighted by Crippen LogP contribution is -2.23. The summed E-state index contributed by atoms with van der Waals surface area (Å²) in [7, 11) is 0. The largest absolute Gasteiger partial charge is 0.481 e. The van der Waals surface area contributed by atoms with E-state index in [9.17, 15) is 9.90 Å². The molecule has 0 bridgehead atoms. The van der Waals surface area contributed by atoms with Crippen molar-refractivity contribution in [2.45, 2.75) is 32.7 Å². The van der Waals surface area contributed by atoms with E-state index in [0.29, 0.717) is 48.8 Å². The third kappa shape index (κ3) is 3.75. The highest BCUT2D eigenvalue weighted by atomic mass is 16.7. The predicted molar refractivity (Wildman–Crippen MR) is 94.5 cm³/mol. The first-order chi connectivity index (χ1) is 13.0. The molecule has 2 aromatic rings. The molecule has 0 aliphatic carbocycles. The Morgan fingerprint density at radius 3 is 2.89 bits per heavy atom. The standard InChI is InChI=1S/C19H23N3O5/c1-11(2)5-18-20-17(21-27-18)9-22-7-13(14(8-22)19(23)24)12-3-4-15-16(6-12)26-10-25-15/h3-4,6,11,13-14H,5,7-10H2,1-2H3,(H,23,24)/t13-,14+/m0/s1. The average Bonchev–Trinajstić information content (AvgIpc) is 3.33. The minimum absolute atomic E-state index is 0.126. The van der Waals surface area contributed by atoms with Crippen LogP contribution in [0, 0.1) is 11.8 Å². The third-order valence-electron chi connectivity index (χ3n) is 5.00. The van der Waals surface area contributed by atoms with Crippen molar-refractivity contribution in [3.63, 3.8) is 0 Å². The van der Waals surface area contributed by atoms with E-state index in [1.54, 1.807) is 0 Å². The number of carboxylic acid groups (broad SMARTS) is 1. The van der Waals surface area contributed by atoms with Crippen LogP contribution in [0.15, 0.2) is 22.7 Å². The molecule has 2 atom stereocenters. The van der Waals surface area contributed by atoms with Gasteiger partial charge in [0.25, 0.3) is 0 Å². The highest BCUT2D eigenvalue weighted by Crippen LogP contribution is 2.39. The van der Waals surface area contributed by atoms with Gasteiger partial charge in [0.1, 0.15) is 0 Å². The molecule has 1 aromatic heterocycles. The molecule has 1 aromatic carbocycles. The van der Waals surface area contributed by atoms with E-state index in [1.807, 2.05) is 18.2 Å². The molecule has 3 heterocycles. The molecule has 0 spiro atoms. The number of aliphatic carboxylic acids is 1. The number of carboxylic acids is 1. The van der Waals surface area contributed by atoms with Gasteiger partial charge < -0.3 is 19.1 Å². The van der Waals surface area contributed by atoms with Crippen LogP contribution in [-0.4, -0.2) is 46.0 Å². The monoisotopic (exact) mass is 373 g/mol. The second-order valence-electron chi connectivity index (χ2n) is 7.56. The molecule has 27 heavy (non-hydrogen) atoms. The SMILES string of the molecule is CC(C)Cc1nc(CN2C[C@@H](C(=O)O)[C@H](c3ccc4c(c3)OCO4)C2)no1. The summed E-state index contributed by atoms with van der Waals surface area (Å²) in [5.74, 6) is 1.62. The van der Waals surface area contributed by atoms with Crippen LogP contribution in [0.3, 0.4) is 0 Å². The Labute approximate surface area is 157 Å². The summed E-state index contributed by atoms with van der Waals surface area (Å²) in [4.78, 5) is 18.3. The topological polar surface area (TPSA) is 97.9 Å². The Bertz CT molecular complexity index is 835. The molecule has 1 saturated heterocycles. The zero-order valence-electron chi connectivity index (χ0n) is 15.4. The molecule has 8 heteroatoms. The van der Waals surface area contributed by atoms with E-state index in [2.05, 4.69) is 28.9 Å². The van der Waals surface area contributed by atoms with Gasteiger partial charge in [0, 0.05) is 25.4 Å². The van der Waals surface area contributed by atoms with Crippen LogP contribution in [0.5, 0.6) is 11.5 Å². The van der Waals surface area contributed by atoms with E-state index >= 15 is 0 Å². The van der Waals surface area contributed by atoms with Crippen LogP contribution < -0.4 is 9.47 Å². The second kappa shape index (κ2) is 7.19. The van der Waals surface area contributed by atoms with Gasteiger partial charge in [0.15, 0.2) is 17.3 Å². The average molecular weight is 373 g/mol. The lowest BCUT2D eigenvalue weighted by atomic mass is 9.89. The first-order valence-electron chi connectivity index (χ1n) is 9.15. The summed E-state index contributed by atoms with van der Waals surface area (Å²) in [6.45, 7) is 5.93. The minimum atomic E-state index is -0.797. The van der Waals surface area contributed by atoms with Crippen LogP contribution in [0.2, 0.25) is 0 Å². The van der Waals surface area contributed by atoms with Crippen LogP contribution in [0.25, 0.3) is 0 Å². The summed E-state index contributed by atoms with van der Waals surface area (Å²) in [5.41, 5.74) is 0.947. The molecule has 0 saturated carbocycles. The first-order valence-corrected chi connectivity index (χ1v) is 9.15. The number of benzene rings is 1. The highest BCUT2D eigenvalue weighted by molar-refractivity contribution is 5.72. The lowest BCUT2D eigenvalue weighted by molar-refractivity contribution is -0.141. The van der Waals surface area contributed by atoms with Crippen molar-refractivity contribution >= 4 is 5.97 Å². The van der Waals surface area contributed by atoms with E-state index < -0.39 is 11.9 Å². The maximum absolute atomic E-state index is 11.8. The minimum Gasteiger partial charge on any atom is -0.481 e. The number of fused-ring (bicyclic) bond motifs is 1. The molecule has 2 aliphatic rings. The van der Waals surface area contributed by atoms with Gasteiger partial charge in [0.05, 0.1) is 12.5 Å². The Kier molecular flexibility index (Phi) is 4.73. The molecular formula is C19H23N3O5. The Morgan fingerprint density at radius 1 is 1.30 bits per heavy atom. The van der Waals surface area contributed by atoms with Gasteiger partial charge in [-0.1, -0.05) is 25.1 Å². The van der Waals surface area contributed by atoms with Gasteiger partial charge in [-0.05, 0) is 23.6 Å². The number of rotatable bonds is 6. The normalized spacial score (nSPS) is 21.9. The molecular weight excluding hydrogens is 350 g/mol. The van der Waals surface area contributed by atoms with Crippen molar-refractivity contribution < 1.29 is 23.9 Å². The van der Waals surface area contributed by atoms with Gasteiger partial charge in [-0.2, -0.15) is 4.98 Å². The van der Waals surface area contributed by atoms with Crippen LogP contribution >= 0.6 is 0 Å².